The number of amides is 2. The lowest BCUT2D eigenvalue weighted by Gasteiger charge is -2.34. The molecule has 0 spiro atoms. The van der Waals surface area contributed by atoms with Crippen molar-refractivity contribution >= 4 is 11.8 Å². The number of carbonyl (C=O) groups excluding carboxylic acids is 2. The van der Waals surface area contributed by atoms with Crippen LogP contribution in [0.25, 0.3) is 0 Å². The smallest absolute Gasteiger partial charge is 0.234 e. The third-order valence-corrected chi connectivity index (χ3v) is 8.05. The average Bonchev–Trinajstić information content (AvgIpc) is 3.16. The van der Waals surface area contributed by atoms with Gasteiger partial charge in [0.2, 0.25) is 11.8 Å². The van der Waals surface area contributed by atoms with Crippen LogP contribution in [0.5, 0.6) is 5.75 Å². The highest BCUT2D eigenvalue weighted by atomic mass is 16.5. The first kappa shape index (κ1) is 19.2. The fourth-order valence-electron chi connectivity index (χ4n) is 6.30. The summed E-state index contributed by atoms with van der Waals surface area (Å²) in [6, 6.07) is 8.03. The molecule has 3 aliphatic rings. The van der Waals surface area contributed by atoms with Crippen LogP contribution in [0, 0.1) is 22.7 Å². The van der Waals surface area contributed by atoms with Crippen molar-refractivity contribution in [3.05, 3.63) is 41.0 Å². The number of fused-ring (bicyclic) bond motifs is 5. The number of carbonyl (C=O) groups is 2. The number of ether oxygens (including phenoxy) is 1. The van der Waals surface area contributed by atoms with E-state index in [9.17, 15) is 9.59 Å². The zero-order valence-corrected chi connectivity index (χ0v) is 17.7. The minimum Gasteiger partial charge on any atom is -0.496 e. The molecule has 2 fully saturated rings. The summed E-state index contributed by atoms with van der Waals surface area (Å²) in [5, 5.41) is 0. The van der Waals surface area contributed by atoms with E-state index >= 15 is 0 Å². The van der Waals surface area contributed by atoms with Gasteiger partial charge in [0.05, 0.1) is 18.9 Å². The SMILES string of the molecule is COc1ccccc1CCCCN1C(=O)C2C(C1=O)C1(C)CC2(C)C(C)=C1C. The number of likely N-dealkylation sites (tertiary alicyclic amines) is 1. The van der Waals surface area contributed by atoms with Crippen molar-refractivity contribution in [3.8, 4) is 5.75 Å². The molecular weight excluding hydrogens is 350 g/mol. The first-order valence-electron chi connectivity index (χ1n) is 10.4. The first-order chi connectivity index (χ1) is 13.3. The summed E-state index contributed by atoms with van der Waals surface area (Å²) < 4.78 is 5.41. The van der Waals surface area contributed by atoms with Crippen molar-refractivity contribution in [2.45, 2.75) is 53.4 Å². The predicted octanol–water partition coefficient (Wildman–Crippen LogP) is 4.39. The zero-order chi connectivity index (χ0) is 20.3. The predicted molar refractivity (Wildman–Crippen MR) is 109 cm³/mol. The summed E-state index contributed by atoms with van der Waals surface area (Å²) >= 11 is 0. The van der Waals surface area contributed by atoms with Crippen molar-refractivity contribution in [2.75, 3.05) is 13.7 Å². The van der Waals surface area contributed by atoms with Crippen LogP contribution in [-0.2, 0) is 16.0 Å². The summed E-state index contributed by atoms with van der Waals surface area (Å²) in [4.78, 5) is 28.0. The minimum atomic E-state index is -0.164. The van der Waals surface area contributed by atoms with E-state index in [2.05, 4.69) is 33.8 Å². The highest BCUT2D eigenvalue weighted by molar-refractivity contribution is 6.07. The van der Waals surface area contributed by atoms with Gasteiger partial charge in [-0.25, -0.2) is 0 Å². The molecule has 0 aromatic heterocycles. The maximum atomic E-state index is 13.2. The van der Waals surface area contributed by atoms with E-state index in [0.29, 0.717) is 6.54 Å². The van der Waals surface area contributed by atoms with Crippen molar-refractivity contribution < 1.29 is 14.3 Å². The molecule has 2 amide bonds. The van der Waals surface area contributed by atoms with Crippen molar-refractivity contribution in [2.24, 2.45) is 22.7 Å². The largest absolute Gasteiger partial charge is 0.496 e. The molecule has 4 unspecified atom stereocenters. The Kier molecular flexibility index (Phi) is 4.44. The topological polar surface area (TPSA) is 46.6 Å². The Hall–Kier alpha value is -2.10. The van der Waals surface area contributed by atoms with Gasteiger partial charge in [0.1, 0.15) is 5.75 Å². The molecule has 28 heavy (non-hydrogen) atoms. The molecule has 2 bridgehead atoms. The number of unbranched alkanes of at least 4 members (excludes halogenated alkanes) is 1. The van der Waals surface area contributed by atoms with Crippen LogP contribution in [0.1, 0.15) is 52.5 Å². The summed E-state index contributed by atoms with van der Waals surface area (Å²) in [7, 11) is 1.69. The number of hydrogen-bond acceptors (Lipinski definition) is 3. The second-order valence-electron chi connectivity index (χ2n) is 9.31. The van der Waals surface area contributed by atoms with Gasteiger partial charge < -0.3 is 4.74 Å². The first-order valence-corrected chi connectivity index (χ1v) is 10.4. The van der Waals surface area contributed by atoms with Crippen LogP contribution in [0.2, 0.25) is 0 Å². The molecule has 1 heterocycles. The Bertz CT molecular complexity index is 830. The summed E-state index contributed by atoms with van der Waals surface area (Å²) in [5.74, 6) is 0.696. The number of rotatable bonds is 6. The lowest BCUT2D eigenvalue weighted by Crippen LogP contribution is -2.36. The van der Waals surface area contributed by atoms with Crippen LogP contribution < -0.4 is 4.74 Å². The van der Waals surface area contributed by atoms with Crippen molar-refractivity contribution in [1.29, 1.82) is 0 Å². The number of aryl methyl sites for hydroxylation is 1. The summed E-state index contributed by atoms with van der Waals surface area (Å²) in [6.07, 6.45) is 3.58. The summed E-state index contributed by atoms with van der Waals surface area (Å²) in [6.45, 7) is 9.23. The third kappa shape index (κ3) is 2.42. The normalized spacial score (nSPS) is 33.8. The highest BCUT2D eigenvalue weighted by Crippen LogP contribution is 2.71. The number of nitrogens with zero attached hydrogens (tertiary/aromatic N) is 1. The number of para-hydroxylation sites is 1. The van der Waals surface area contributed by atoms with E-state index in [1.54, 1.807) is 12.0 Å². The molecule has 4 rings (SSSR count). The van der Waals surface area contributed by atoms with Crippen LogP contribution >= 0.6 is 0 Å². The fourth-order valence-corrected chi connectivity index (χ4v) is 6.30. The Morgan fingerprint density at radius 1 is 1.00 bits per heavy atom. The molecule has 1 saturated carbocycles. The Labute approximate surface area is 167 Å². The van der Waals surface area contributed by atoms with Gasteiger partial charge in [-0.3, -0.25) is 14.5 Å². The number of benzene rings is 1. The number of allylic oxidation sites excluding steroid dienone is 2. The van der Waals surface area contributed by atoms with Gasteiger partial charge in [-0.05, 0) is 51.2 Å². The van der Waals surface area contributed by atoms with Gasteiger partial charge in [-0.2, -0.15) is 0 Å². The molecule has 1 saturated heterocycles. The van der Waals surface area contributed by atoms with Gasteiger partial charge in [-0.15, -0.1) is 0 Å². The third-order valence-electron chi connectivity index (χ3n) is 8.05. The van der Waals surface area contributed by atoms with Gasteiger partial charge in [0.15, 0.2) is 0 Å². The average molecular weight is 382 g/mol. The number of methoxy groups -OCH3 is 1. The molecule has 1 aliphatic heterocycles. The minimum absolute atomic E-state index is 0.0605. The molecule has 1 aromatic rings. The maximum Gasteiger partial charge on any atom is 0.234 e. The molecule has 4 heteroatoms. The maximum absolute atomic E-state index is 13.2. The second kappa shape index (κ2) is 6.47. The molecule has 150 valence electrons. The summed E-state index contributed by atoms with van der Waals surface area (Å²) in [5.41, 5.74) is 3.53. The highest BCUT2D eigenvalue weighted by Gasteiger charge is 2.71. The van der Waals surface area contributed by atoms with Crippen molar-refractivity contribution in [1.82, 2.24) is 4.90 Å². The van der Waals surface area contributed by atoms with E-state index in [1.165, 1.54) is 16.7 Å². The van der Waals surface area contributed by atoms with Crippen LogP contribution in [0.3, 0.4) is 0 Å². The molecule has 0 radical (unpaired) electrons. The van der Waals surface area contributed by atoms with Crippen molar-refractivity contribution in [3.63, 3.8) is 0 Å². The van der Waals surface area contributed by atoms with E-state index in [-0.39, 0.29) is 34.5 Å². The number of hydrogen-bond donors (Lipinski definition) is 0. The van der Waals surface area contributed by atoms with E-state index < -0.39 is 0 Å². The fraction of sp³-hybridized carbons (Fsp3) is 0.583. The standard InChI is InChI=1S/C24H31NO3/c1-15-16(2)24(4)14-23(15,3)19-20(24)22(27)25(21(19)26)13-9-8-11-17-10-6-7-12-18(17)28-5/h6-7,10,12,19-20H,8-9,11,13-14H2,1-5H3. The van der Waals surface area contributed by atoms with Crippen LogP contribution in [0.4, 0.5) is 0 Å². The number of imide groups is 1. The molecule has 1 aromatic carbocycles. The quantitative estimate of drug-likeness (QED) is 0.417. The van der Waals surface area contributed by atoms with Gasteiger partial charge in [0.25, 0.3) is 0 Å². The van der Waals surface area contributed by atoms with E-state index in [0.717, 1.165) is 31.4 Å². The Morgan fingerprint density at radius 3 is 2.14 bits per heavy atom. The molecule has 4 atom stereocenters. The Morgan fingerprint density at radius 2 is 1.57 bits per heavy atom. The van der Waals surface area contributed by atoms with Crippen LogP contribution in [0.15, 0.2) is 35.4 Å². The van der Waals surface area contributed by atoms with Crippen LogP contribution in [-0.4, -0.2) is 30.4 Å². The molecule has 4 nitrogen and oxygen atoms in total. The lowest BCUT2D eigenvalue weighted by molar-refractivity contribution is -0.141. The van der Waals surface area contributed by atoms with Gasteiger partial charge in [-0.1, -0.05) is 43.2 Å². The lowest BCUT2D eigenvalue weighted by atomic mass is 9.66. The molecule has 0 N–H and O–H groups in total. The van der Waals surface area contributed by atoms with E-state index in [4.69, 9.17) is 4.74 Å². The van der Waals surface area contributed by atoms with Gasteiger partial charge >= 0.3 is 0 Å². The molecular formula is C24H31NO3. The zero-order valence-electron chi connectivity index (χ0n) is 17.7. The van der Waals surface area contributed by atoms with E-state index in [1.807, 2.05) is 18.2 Å². The second-order valence-corrected chi connectivity index (χ2v) is 9.31. The monoisotopic (exact) mass is 381 g/mol. The Balaban J connectivity index is 1.43. The molecule has 2 aliphatic carbocycles. The van der Waals surface area contributed by atoms with Gasteiger partial charge in [0, 0.05) is 17.4 Å².